The summed E-state index contributed by atoms with van der Waals surface area (Å²) < 4.78 is 0. The van der Waals surface area contributed by atoms with E-state index in [4.69, 9.17) is 16.9 Å². The molecule has 0 bridgehead atoms. The molecule has 0 radical (unpaired) electrons. The van der Waals surface area contributed by atoms with Gasteiger partial charge in [0.1, 0.15) is 0 Å². The number of nitriles is 1. The molecule has 0 atom stereocenters. The zero-order valence-corrected chi connectivity index (χ0v) is 13.5. The molecule has 3 rings (SSSR count). The lowest BCUT2D eigenvalue weighted by Crippen LogP contribution is -2.02. The van der Waals surface area contributed by atoms with Crippen molar-refractivity contribution in [1.29, 1.82) is 5.26 Å². The van der Waals surface area contributed by atoms with Gasteiger partial charge in [-0.15, -0.1) is 5.10 Å². The van der Waals surface area contributed by atoms with E-state index in [1.807, 2.05) is 25.1 Å². The topological polar surface area (TPSA) is 86.5 Å². The van der Waals surface area contributed by atoms with Crippen LogP contribution in [0.25, 0.3) is 0 Å². The van der Waals surface area contributed by atoms with E-state index in [1.54, 1.807) is 24.3 Å². The Morgan fingerprint density at radius 2 is 1.92 bits per heavy atom. The third kappa shape index (κ3) is 3.77. The molecule has 0 aliphatic rings. The molecule has 24 heavy (non-hydrogen) atoms. The standard InChI is InChI=1S/C17H13ClN6/c1-11-5-6-14(8-15(11)18)22-17-23-16(10-20-24-17)21-13-4-2-3-12(7-13)9-19/h2-8,10H,1H3,(H2,21,22,23,24). The van der Waals surface area contributed by atoms with Gasteiger partial charge in [0, 0.05) is 16.4 Å². The van der Waals surface area contributed by atoms with Crippen molar-refractivity contribution < 1.29 is 0 Å². The van der Waals surface area contributed by atoms with E-state index in [0.29, 0.717) is 22.4 Å². The van der Waals surface area contributed by atoms with Gasteiger partial charge in [-0.25, -0.2) is 0 Å². The Morgan fingerprint density at radius 1 is 1.08 bits per heavy atom. The highest BCUT2D eigenvalue weighted by atomic mass is 35.5. The smallest absolute Gasteiger partial charge is 0.249 e. The zero-order chi connectivity index (χ0) is 16.9. The van der Waals surface area contributed by atoms with Crippen LogP contribution in [0.3, 0.4) is 0 Å². The Kier molecular flexibility index (Phi) is 4.54. The van der Waals surface area contributed by atoms with Gasteiger partial charge in [0.2, 0.25) is 5.95 Å². The summed E-state index contributed by atoms with van der Waals surface area (Å²) in [6, 6.07) is 14.8. The first-order valence-electron chi connectivity index (χ1n) is 7.14. The van der Waals surface area contributed by atoms with E-state index >= 15 is 0 Å². The molecule has 6 nitrogen and oxygen atoms in total. The quantitative estimate of drug-likeness (QED) is 0.742. The minimum atomic E-state index is 0.344. The number of halogens is 1. The highest BCUT2D eigenvalue weighted by Crippen LogP contribution is 2.22. The Labute approximate surface area is 144 Å². The lowest BCUT2D eigenvalue weighted by Gasteiger charge is -2.08. The van der Waals surface area contributed by atoms with Gasteiger partial charge in [0.05, 0.1) is 17.8 Å². The lowest BCUT2D eigenvalue weighted by molar-refractivity contribution is 0.982. The summed E-state index contributed by atoms with van der Waals surface area (Å²) in [5.74, 6) is 0.858. The average molecular weight is 337 g/mol. The molecule has 118 valence electrons. The molecule has 0 aliphatic carbocycles. The third-order valence-corrected chi connectivity index (χ3v) is 3.66. The normalized spacial score (nSPS) is 10.0. The van der Waals surface area contributed by atoms with Gasteiger partial charge >= 0.3 is 0 Å². The fourth-order valence-corrected chi connectivity index (χ4v) is 2.21. The minimum absolute atomic E-state index is 0.344. The Morgan fingerprint density at radius 3 is 2.71 bits per heavy atom. The summed E-state index contributed by atoms with van der Waals surface area (Å²) in [6.07, 6.45) is 1.51. The van der Waals surface area contributed by atoms with Crippen molar-refractivity contribution in [3.8, 4) is 6.07 Å². The molecular weight excluding hydrogens is 324 g/mol. The van der Waals surface area contributed by atoms with Crippen LogP contribution in [0.4, 0.5) is 23.1 Å². The van der Waals surface area contributed by atoms with Gasteiger partial charge in [-0.2, -0.15) is 15.3 Å². The first kappa shape index (κ1) is 15.7. The SMILES string of the molecule is Cc1ccc(Nc2nncc(Nc3cccc(C#N)c3)n2)cc1Cl. The van der Waals surface area contributed by atoms with Crippen molar-refractivity contribution in [3.05, 3.63) is 64.8 Å². The molecule has 7 heteroatoms. The molecule has 0 amide bonds. The van der Waals surface area contributed by atoms with Crippen molar-refractivity contribution >= 4 is 34.7 Å². The number of aromatic nitrogens is 3. The molecule has 0 spiro atoms. The Hall–Kier alpha value is -3.17. The second-order valence-corrected chi connectivity index (χ2v) is 5.48. The number of rotatable bonds is 4. The monoisotopic (exact) mass is 336 g/mol. The summed E-state index contributed by atoms with van der Waals surface area (Å²) in [4.78, 5) is 4.35. The predicted octanol–water partition coefficient (Wildman–Crippen LogP) is 4.19. The third-order valence-electron chi connectivity index (χ3n) is 3.25. The van der Waals surface area contributed by atoms with E-state index in [2.05, 4.69) is 31.9 Å². The van der Waals surface area contributed by atoms with Crippen LogP contribution in [-0.4, -0.2) is 15.2 Å². The van der Waals surface area contributed by atoms with Crippen LogP contribution >= 0.6 is 11.6 Å². The van der Waals surface area contributed by atoms with Crippen molar-refractivity contribution in [2.24, 2.45) is 0 Å². The van der Waals surface area contributed by atoms with Gasteiger partial charge < -0.3 is 10.6 Å². The summed E-state index contributed by atoms with van der Waals surface area (Å²) in [5.41, 5.74) is 3.08. The molecule has 0 fully saturated rings. The molecule has 3 aromatic rings. The van der Waals surface area contributed by atoms with Gasteiger partial charge in [-0.05, 0) is 42.8 Å². The van der Waals surface area contributed by atoms with Gasteiger partial charge in [0.15, 0.2) is 5.82 Å². The van der Waals surface area contributed by atoms with Crippen molar-refractivity contribution in [2.45, 2.75) is 6.92 Å². The van der Waals surface area contributed by atoms with Crippen LogP contribution < -0.4 is 10.6 Å². The molecule has 1 aromatic heterocycles. The Balaban J connectivity index is 1.78. The molecule has 0 saturated heterocycles. The van der Waals surface area contributed by atoms with Crippen LogP contribution in [0.5, 0.6) is 0 Å². The number of benzene rings is 2. The van der Waals surface area contributed by atoms with E-state index in [-0.39, 0.29) is 0 Å². The maximum absolute atomic E-state index is 8.94. The van der Waals surface area contributed by atoms with E-state index in [9.17, 15) is 0 Å². The van der Waals surface area contributed by atoms with E-state index in [0.717, 1.165) is 16.9 Å². The number of hydrogen-bond donors (Lipinski definition) is 2. The maximum atomic E-state index is 8.94. The van der Waals surface area contributed by atoms with Gasteiger partial charge in [0.25, 0.3) is 0 Å². The molecule has 2 aromatic carbocycles. The molecule has 0 aliphatic heterocycles. The highest BCUT2D eigenvalue weighted by molar-refractivity contribution is 6.31. The molecule has 0 saturated carbocycles. The van der Waals surface area contributed by atoms with Crippen molar-refractivity contribution in [3.63, 3.8) is 0 Å². The van der Waals surface area contributed by atoms with Crippen LogP contribution in [0.2, 0.25) is 5.02 Å². The fraction of sp³-hybridized carbons (Fsp3) is 0.0588. The van der Waals surface area contributed by atoms with Gasteiger partial charge in [-0.1, -0.05) is 23.7 Å². The number of anilines is 4. The lowest BCUT2D eigenvalue weighted by atomic mass is 10.2. The predicted molar refractivity (Wildman–Crippen MR) is 93.7 cm³/mol. The summed E-state index contributed by atoms with van der Waals surface area (Å²) in [5, 5.41) is 23.6. The zero-order valence-electron chi connectivity index (χ0n) is 12.8. The second kappa shape index (κ2) is 6.94. The van der Waals surface area contributed by atoms with Crippen molar-refractivity contribution in [1.82, 2.24) is 15.2 Å². The Bertz CT molecular complexity index is 919. The van der Waals surface area contributed by atoms with Crippen LogP contribution in [0, 0.1) is 18.3 Å². The molecular formula is C17H13ClN6. The van der Waals surface area contributed by atoms with Gasteiger partial charge in [-0.3, -0.25) is 0 Å². The second-order valence-electron chi connectivity index (χ2n) is 5.07. The minimum Gasteiger partial charge on any atom is -0.339 e. The van der Waals surface area contributed by atoms with Crippen LogP contribution in [-0.2, 0) is 0 Å². The number of hydrogen-bond acceptors (Lipinski definition) is 6. The first-order chi connectivity index (χ1) is 11.6. The molecule has 1 heterocycles. The highest BCUT2D eigenvalue weighted by Gasteiger charge is 2.04. The first-order valence-corrected chi connectivity index (χ1v) is 7.52. The van der Waals surface area contributed by atoms with Crippen molar-refractivity contribution in [2.75, 3.05) is 10.6 Å². The maximum Gasteiger partial charge on any atom is 0.249 e. The summed E-state index contributed by atoms with van der Waals surface area (Å²) in [7, 11) is 0. The van der Waals surface area contributed by atoms with E-state index < -0.39 is 0 Å². The fourth-order valence-electron chi connectivity index (χ4n) is 2.03. The molecule has 0 unspecified atom stereocenters. The van der Waals surface area contributed by atoms with E-state index in [1.165, 1.54) is 6.20 Å². The summed E-state index contributed by atoms with van der Waals surface area (Å²) in [6.45, 7) is 1.93. The van der Waals surface area contributed by atoms with Crippen LogP contribution in [0.1, 0.15) is 11.1 Å². The number of aryl methyl sites for hydroxylation is 1. The summed E-state index contributed by atoms with van der Waals surface area (Å²) >= 11 is 6.11. The average Bonchev–Trinajstić information content (AvgIpc) is 2.59. The largest absolute Gasteiger partial charge is 0.339 e. The molecule has 2 N–H and O–H groups in total. The number of nitrogens with one attached hydrogen (secondary N) is 2. The number of nitrogens with zero attached hydrogens (tertiary/aromatic N) is 4. The van der Waals surface area contributed by atoms with Crippen LogP contribution in [0.15, 0.2) is 48.7 Å².